The minimum Gasteiger partial charge on any atom is -0.381 e. The average Bonchev–Trinajstić information content (AvgIpc) is 2.77. The maximum atomic E-state index is 13.4. The number of H-pyrrole nitrogens is 1. The molecular formula is C9H7FN8O2. The number of aromatic amines is 1. The number of hydrogen-bond donors (Lipinski definition) is 3. The number of rotatable bonds is 1. The lowest BCUT2D eigenvalue weighted by atomic mass is 10.5. The van der Waals surface area contributed by atoms with E-state index >= 15 is 0 Å². The van der Waals surface area contributed by atoms with E-state index in [4.69, 9.17) is 11.5 Å². The minimum atomic E-state index is -0.899. The van der Waals surface area contributed by atoms with Crippen LogP contribution in [0.1, 0.15) is 0 Å². The van der Waals surface area contributed by atoms with Crippen LogP contribution in [0.2, 0.25) is 0 Å². The molecule has 3 heterocycles. The van der Waals surface area contributed by atoms with Gasteiger partial charge in [-0.2, -0.15) is 14.6 Å². The standard InChI is InChI=1S/C9H7FN8O2/c10-3-1-17(9(20)14-5(3)11)18-2-13-4-6(18)15-8(12)16-7(4)19/h1-2H,(H2,11,14,20)(H3,12,15,16,19). The second-order valence-corrected chi connectivity index (χ2v) is 3.81. The third-order valence-corrected chi connectivity index (χ3v) is 2.53. The van der Waals surface area contributed by atoms with E-state index in [0.29, 0.717) is 0 Å². The molecule has 0 bridgehead atoms. The Labute approximate surface area is 108 Å². The molecule has 102 valence electrons. The van der Waals surface area contributed by atoms with E-state index in [-0.39, 0.29) is 17.1 Å². The van der Waals surface area contributed by atoms with Gasteiger partial charge in [0.1, 0.15) is 6.33 Å². The van der Waals surface area contributed by atoms with Crippen LogP contribution >= 0.6 is 0 Å². The Balaban J connectivity index is 2.39. The number of halogens is 1. The zero-order chi connectivity index (χ0) is 14.4. The lowest BCUT2D eigenvalue weighted by Crippen LogP contribution is -2.29. The molecular weight excluding hydrogens is 271 g/mol. The van der Waals surface area contributed by atoms with Crippen molar-refractivity contribution in [2.45, 2.75) is 0 Å². The lowest BCUT2D eigenvalue weighted by molar-refractivity contribution is 0.554. The Hall–Kier alpha value is -3.24. The molecule has 11 heteroatoms. The molecule has 0 aromatic carbocycles. The molecule has 0 amide bonds. The lowest BCUT2D eigenvalue weighted by Gasteiger charge is -2.07. The highest BCUT2D eigenvalue weighted by atomic mass is 19.1. The van der Waals surface area contributed by atoms with Crippen molar-refractivity contribution in [2.75, 3.05) is 11.5 Å². The summed E-state index contributed by atoms with van der Waals surface area (Å²) in [6.07, 6.45) is 1.93. The summed E-state index contributed by atoms with van der Waals surface area (Å²) in [5.41, 5.74) is 9.10. The van der Waals surface area contributed by atoms with Crippen molar-refractivity contribution in [2.24, 2.45) is 0 Å². The molecule has 0 spiro atoms. The first-order valence-corrected chi connectivity index (χ1v) is 5.25. The molecule has 0 saturated heterocycles. The fourth-order valence-electron chi connectivity index (χ4n) is 1.66. The quantitative estimate of drug-likeness (QED) is 0.479. The average molecular weight is 278 g/mol. The van der Waals surface area contributed by atoms with E-state index in [9.17, 15) is 14.0 Å². The molecule has 3 aromatic rings. The summed E-state index contributed by atoms with van der Waals surface area (Å²) in [5, 5.41) is 0. The fraction of sp³-hybridized carbons (Fsp3) is 0. The Bertz CT molecular complexity index is 939. The second kappa shape index (κ2) is 3.88. The smallest absolute Gasteiger partial charge is 0.369 e. The van der Waals surface area contributed by atoms with Crippen molar-refractivity contribution in [3.8, 4) is 0 Å². The molecule has 20 heavy (non-hydrogen) atoms. The third kappa shape index (κ3) is 1.60. The van der Waals surface area contributed by atoms with Gasteiger partial charge in [0, 0.05) is 0 Å². The molecule has 0 unspecified atom stereocenters. The first-order valence-electron chi connectivity index (χ1n) is 5.25. The molecule has 0 aliphatic rings. The maximum absolute atomic E-state index is 13.4. The number of anilines is 2. The zero-order valence-corrected chi connectivity index (χ0v) is 9.74. The predicted octanol–water partition coefficient (Wildman–Crippen LogP) is -1.71. The molecule has 0 radical (unpaired) electrons. The van der Waals surface area contributed by atoms with Crippen LogP contribution in [-0.2, 0) is 0 Å². The number of imidazole rings is 1. The van der Waals surface area contributed by atoms with Crippen LogP contribution in [0.15, 0.2) is 22.1 Å². The summed E-state index contributed by atoms with van der Waals surface area (Å²) in [6.45, 7) is 0. The van der Waals surface area contributed by atoms with Crippen molar-refractivity contribution < 1.29 is 4.39 Å². The van der Waals surface area contributed by atoms with E-state index in [1.165, 1.54) is 0 Å². The summed E-state index contributed by atoms with van der Waals surface area (Å²) in [6, 6.07) is 0. The van der Waals surface area contributed by atoms with E-state index in [0.717, 1.165) is 21.9 Å². The van der Waals surface area contributed by atoms with Crippen LogP contribution in [0.25, 0.3) is 11.2 Å². The highest BCUT2D eigenvalue weighted by Crippen LogP contribution is 2.07. The van der Waals surface area contributed by atoms with Gasteiger partial charge in [-0.15, -0.1) is 0 Å². The highest BCUT2D eigenvalue weighted by Gasteiger charge is 2.13. The molecule has 3 rings (SSSR count). The Kier molecular flexibility index (Phi) is 2.29. The molecule has 0 saturated carbocycles. The number of aromatic nitrogens is 6. The highest BCUT2D eigenvalue weighted by molar-refractivity contribution is 5.70. The van der Waals surface area contributed by atoms with Gasteiger partial charge >= 0.3 is 5.69 Å². The molecule has 3 aromatic heterocycles. The fourth-order valence-corrected chi connectivity index (χ4v) is 1.66. The normalized spacial score (nSPS) is 11.1. The molecule has 0 aliphatic carbocycles. The van der Waals surface area contributed by atoms with Crippen molar-refractivity contribution in [1.29, 1.82) is 0 Å². The Morgan fingerprint density at radius 1 is 1.20 bits per heavy atom. The molecule has 0 fully saturated rings. The van der Waals surface area contributed by atoms with Crippen molar-refractivity contribution in [3.63, 3.8) is 0 Å². The summed E-state index contributed by atoms with van der Waals surface area (Å²) in [4.78, 5) is 36.5. The monoisotopic (exact) mass is 278 g/mol. The predicted molar refractivity (Wildman–Crippen MR) is 66.2 cm³/mol. The van der Waals surface area contributed by atoms with Crippen LogP contribution in [0, 0.1) is 5.82 Å². The van der Waals surface area contributed by atoms with Gasteiger partial charge in [0.05, 0.1) is 6.20 Å². The first-order chi connectivity index (χ1) is 9.47. The molecule has 5 N–H and O–H groups in total. The van der Waals surface area contributed by atoms with Crippen LogP contribution in [0.4, 0.5) is 16.2 Å². The first kappa shape index (κ1) is 11.8. The van der Waals surface area contributed by atoms with Gasteiger partial charge in [0.15, 0.2) is 22.8 Å². The maximum Gasteiger partial charge on any atom is 0.369 e. The van der Waals surface area contributed by atoms with Crippen LogP contribution in [0.5, 0.6) is 0 Å². The molecule has 10 nitrogen and oxygen atoms in total. The van der Waals surface area contributed by atoms with Gasteiger partial charge in [-0.05, 0) is 0 Å². The van der Waals surface area contributed by atoms with Crippen molar-refractivity contribution in [3.05, 3.63) is 39.2 Å². The largest absolute Gasteiger partial charge is 0.381 e. The van der Waals surface area contributed by atoms with Crippen molar-refractivity contribution >= 4 is 22.9 Å². The summed E-state index contributed by atoms with van der Waals surface area (Å²) < 4.78 is 15.2. The van der Waals surface area contributed by atoms with E-state index in [1.807, 2.05) is 0 Å². The summed E-state index contributed by atoms with van der Waals surface area (Å²) >= 11 is 0. The van der Waals surface area contributed by atoms with E-state index in [1.54, 1.807) is 0 Å². The molecule has 0 aliphatic heterocycles. The van der Waals surface area contributed by atoms with Gasteiger partial charge in [-0.3, -0.25) is 9.78 Å². The van der Waals surface area contributed by atoms with Crippen molar-refractivity contribution in [1.82, 2.24) is 29.3 Å². The van der Waals surface area contributed by atoms with Crippen LogP contribution < -0.4 is 22.7 Å². The number of hydrogen-bond acceptors (Lipinski definition) is 7. The topological polar surface area (TPSA) is 150 Å². The van der Waals surface area contributed by atoms with Gasteiger partial charge in [0.25, 0.3) is 5.56 Å². The Morgan fingerprint density at radius 3 is 2.70 bits per heavy atom. The summed E-state index contributed by atoms with van der Waals surface area (Å²) in [7, 11) is 0. The SMILES string of the molecule is Nc1nc2c(ncn2-n2cc(F)c(N)nc2=O)c(=O)[nH]1. The minimum absolute atomic E-state index is 0.0145. The van der Waals surface area contributed by atoms with Crippen LogP contribution in [0.3, 0.4) is 0 Å². The number of nitrogens with one attached hydrogen (secondary N) is 1. The van der Waals surface area contributed by atoms with Gasteiger partial charge < -0.3 is 11.5 Å². The van der Waals surface area contributed by atoms with Crippen LogP contribution in [-0.4, -0.2) is 29.3 Å². The van der Waals surface area contributed by atoms with Gasteiger partial charge in [0.2, 0.25) is 5.95 Å². The third-order valence-electron chi connectivity index (χ3n) is 2.53. The van der Waals surface area contributed by atoms with E-state index in [2.05, 4.69) is 19.9 Å². The van der Waals surface area contributed by atoms with E-state index < -0.39 is 22.9 Å². The number of fused-ring (bicyclic) bond motifs is 1. The number of nitrogens with zero attached hydrogens (tertiary/aromatic N) is 5. The second-order valence-electron chi connectivity index (χ2n) is 3.81. The van der Waals surface area contributed by atoms with Gasteiger partial charge in [-0.25, -0.2) is 18.8 Å². The summed E-state index contributed by atoms with van der Waals surface area (Å²) in [5.74, 6) is -1.59. The van der Waals surface area contributed by atoms with Gasteiger partial charge in [-0.1, -0.05) is 0 Å². The Morgan fingerprint density at radius 2 is 1.95 bits per heavy atom. The zero-order valence-electron chi connectivity index (χ0n) is 9.74. The molecule has 0 atom stereocenters. The number of nitrogen functional groups attached to an aromatic ring is 2. The number of nitrogens with two attached hydrogens (primary N) is 2.